The Morgan fingerprint density at radius 2 is 2.39 bits per heavy atom. The van der Waals surface area contributed by atoms with Crippen molar-refractivity contribution < 1.29 is 19.3 Å². The fourth-order valence-corrected chi connectivity index (χ4v) is 1.76. The Bertz CT molecular complexity index is 453. The highest BCUT2D eigenvalue weighted by atomic mass is 16.5. The zero-order chi connectivity index (χ0) is 12.8. The molecule has 1 N–H and O–H groups in total. The number of aliphatic hydroxyl groups is 1. The maximum atomic E-state index is 8.76. The predicted molar refractivity (Wildman–Crippen MR) is 66.8 cm³/mol. The summed E-state index contributed by atoms with van der Waals surface area (Å²) in [5, 5.41) is 8.76. The van der Waals surface area contributed by atoms with Gasteiger partial charge in [-0.15, -0.1) is 0 Å². The molecule has 1 aliphatic rings. The predicted octanol–water partition coefficient (Wildman–Crippen LogP) is 1.21. The smallest absolute Gasteiger partial charge is 0.135 e. The molecule has 1 heterocycles. The highest BCUT2D eigenvalue weighted by molar-refractivity contribution is 5.50. The molecule has 1 aromatic rings. The molecular weight excluding hydrogens is 232 g/mol. The molecule has 2 rings (SSSR count). The second-order valence-electron chi connectivity index (χ2n) is 3.93. The quantitative estimate of drug-likeness (QED) is 0.817. The third-order valence-corrected chi connectivity index (χ3v) is 2.67. The Kier molecular flexibility index (Phi) is 4.46. The van der Waals surface area contributed by atoms with Crippen molar-refractivity contribution in [2.75, 3.05) is 26.9 Å². The van der Waals surface area contributed by atoms with Gasteiger partial charge in [-0.3, -0.25) is 0 Å². The van der Waals surface area contributed by atoms with Crippen molar-refractivity contribution in [1.82, 2.24) is 0 Å². The number of benzene rings is 1. The van der Waals surface area contributed by atoms with Gasteiger partial charge in [-0.1, -0.05) is 11.8 Å². The zero-order valence-electron chi connectivity index (χ0n) is 10.3. The van der Waals surface area contributed by atoms with Crippen molar-refractivity contribution in [3.63, 3.8) is 0 Å². The summed E-state index contributed by atoms with van der Waals surface area (Å²) in [6.07, 6.45) is 0.965. The van der Waals surface area contributed by atoms with Gasteiger partial charge in [0.1, 0.15) is 24.2 Å². The minimum Gasteiger partial charge on any atom is -0.497 e. The van der Waals surface area contributed by atoms with Gasteiger partial charge in [0, 0.05) is 6.42 Å². The Morgan fingerprint density at radius 1 is 1.50 bits per heavy atom. The molecule has 4 heteroatoms. The molecule has 0 radical (unpaired) electrons. The molecule has 18 heavy (non-hydrogen) atoms. The van der Waals surface area contributed by atoms with Gasteiger partial charge in [0.2, 0.25) is 0 Å². The lowest BCUT2D eigenvalue weighted by atomic mass is 10.2. The second kappa shape index (κ2) is 6.29. The van der Waals surface area contributed by atoms with Crippen molar-refractivity contribution in [2.45, 2.75) is 12.5 Å². The van der Waals surface area contributed by atoms with Gasteiger partial charge in [-0.25, -0.2) is 0 Å². The van der Waals surface area contributed by atoms with Gasteiger partial charge in [0.25, 0.3) is 0 Å². The maximum Gasteiger partial charge on any atom is 0.135 e. The van der Waals surface area contributed by atoms with Crippen molar-refractivity contribution in [2.24, 2.45) is 0 Å². The monoisotopic (exact) mass is 248 g/mol. The summed E-state index contributed by atoms with van der Waals surface area (Å²) in [5.41, 5.74) is 0.718. The summed E-state index contributed by atoms with van der Waals surface area (Å²) < 4.78 is 16.3. The minimum atomic E-state index is -0.177. The fourth-order valence-electron chi connectivity index (χ4n) is 1.76. The lowest BCUT2D eigenvalue weighted by Crippen LogP contribution is -2.16. The second-order valence-corrected chi connectivity index (χ2v) is 3.93. The normalized spacial score (nSPS) is 18.0. The van der Waals surface area contributed by atoms with Crippen LogP contribution in [0.5, 0.6) is 11.5 Å². The summed E-state index contributed by atoms with van der Waals surface area (Å²) in [6, 6.07) is 5.46. The third kappa shape index (κ3) is 3.16. The summed E-state index contributed by atoms with van der Waals surface area (Å²) >= 11 is 0. The van der Waals surface area contributed by atoms with E-state index in [0.717, 1.165) is 18.6 Å². The summed E-state index contributed by atoms with van der Waals surface area (Å²) in [6.45, 7) is 1.17. The first-order chi connectivity index (χ1) is 8.83. The molecule has 0 aromatic heterocycles. The Labute approximate surface area is 106 Å². The van der Waals surface area contributed by atoms with E-state index in [9.17, 15) is 0 Å². The molecule has 96 valence electrons. The average Bonchev–Trinajstić information content (AvgIpc) is 2.90. The van der Waals surface area contributed by atoms with Gasteiger partial charge in [0.05, 0.1) is 25.9 Å². The number of ether oxygens (including phenoxy) is 3. The molecule has 1 fully saturated rings. The largest absolute Gasteiger partial charge is 0.497 e. The number of hydrogen-bond acceptors (Lipinski definition) is 4. The van der Waals surface area contributed by atoms with Gasteiger partial charge >= 0.3 is 0 Å². The van der Waals surface area contributed by atoms with E-state index < -0.39 is 0 Å². The van der Waals surface area contributed by atoms with Gasteiger partial charge in [-0.05, 0) is 18.2 Å². The van der Waals surface area contributed by atoms with E-state index in [1.54, 1.807) is 13.2 Å². The summed E-state index contributed by atoms with van der Waals surface area (Å²) in [5.74, 6) is 6.90. The minimum absolute atomic E-state index is 0.0769. The molecule has 0 amide bonds. The van der Waals surface area contributed by atoms with E-state index in [4.69, 9.17) is 19.3 Å². The van der Waals surface area contributed by atoms with E-state index in [0.29, 0.717) is 18.1 Å². The molecule has 1 unspecified atom stereocenters. The molecular formula is C14H16O4. The Hall–Kier alpha value is -1.70. The molecule has 0 bridgehead atoms. The molecule has 1 aromatic carbocycles. The molecule has 1 aliphatic heterocycles. The SMILES string of the molecule is COc1ccc(OC2CCOC2)c(C#CCO)c1. The molecule has 1 saturated heterocycles. The fraction of sp³-hybridized carbons (Fsp3) is 0.429. The first kappa shape index (κ1) is 12.7. The standard InChI is InChI=1S/C14H16O4/c1-16-12-4-5-14(11(9-12)3-2-7-15)18-13-6-8-17-10-13/h4-5,9,13,15H,6-8,10H2,1H3. The van der Waals surface area contributed by atoms with E-state index in [1.807, 2.05) is 12.1 Å². The first-order valence-electron chi connectivity index (χ1n) is 5.85. The number of hydrogen-bond donors (Lipinski definition) is 1. The Balaban J connectivity index is 2.20. The lowest BCUT2D eigenvalue weighted by molar-refractivity contribution is 0.141. The molecule has 0 aliphatic carbocycles. The highest BCUT2D eigenvalue weighted by Gasteiger charge is 2.18. The molecule has 0 saturated carbocycles. The van der Waals surface area contributed by atoms with Crippen molar-refractivity contribution in [1.29, 1.82) is 0 Å². The molecule has 1 atom stereocenters. The number of methoxy groups -OCH3 is 1. The van der Waals surface area contributed by atoms with E-state index in [1.165, 1.54) is 0 Å². The maximum absolute atomic E-state index is 8.76. The third-order valence-electron chi connectivity index (χ3n) is 2.67. The van der Waals surface area contributed by atoms with Crippen LogP contribution in [0.25, 0.3) is 0 Å². The lowest BCUT2D eigenvalue weighted by Gasteiger charge is -2.14. The van der Waals surface area contributed by atoms with Gasteiger partial charge < -0.3 is 19.3 Å². The Morgan fingerprint density at radius 3 is 3.06 bits per heavy atom. The molecule has 4 nitrogen and oxygen atoms in total. The zero-order valence-corrected chi connectivity index (χ0v) is 10.3. The van der Waals surface area contributed by atoms with E-state index in [-0.39, 0.29) is 12.7 Å². The van der Waals surface area contributed by atoms with Gasteiger partial charge in [0.15, 0.2) is 0 Å². The summed E-state index contributed by atoms with van der Waals surface area (Å²) in [4.78, 5) is 0. The highest BCUT2D eigenvalue weighted by Crippen LogP contribution is 2.25. The van der Waals surface area contributed by atoms with Crippen LogP contribution in [0.3, 0.4) is 0 Å². The number of rotatable bonds is 3. The van der Waals surface area contributed by atoms with Crippen LogP contribution >= 0.6 is 0 Å². The van der Waals surface area contributed by atoms with Crippen LogP contribution in [-0.4, -0.2) is 38.1 Å². The number of aliphatic hydroxyl groups excluding tert-OH is 1. The van der Waals surface area contributed by atoms with Crippen molar-refractivity contribution >= 4 is 0 Å². The van der Waals surface area contributed by atoms with Crippen LogP contribution in [0, 0.1) is 11.8 Å². The summed E-state index contributed by atoms with van der Waals surface area (Å²) in [7, 11) is 1.60. The topological polar surface area (TPSA) is 47.9 Å². The van der Waals surface area contributed by atoms with Crippen LogP contribution in [-0.2, 0) is 4.74 Å². The van der Waals surface area contributed by atoms with Crippen molar-refractivity contribution in [3.05, 3.63) is 23.8 Å². The van der Waals surface area contributed by atoms with Crippen LogP contribution < -0.4 is 9.47 Å². The van der Waals surface area contributed by atoms with E-state index >= 15 is 0 Å². The van der Waals surface area contributed by atoms with Crippen LogP contribution in [0.15, 0.2) is 18.2 Å². The van der Waals surface area contributed by atoms with Gasteiger partial charge in [-0.2, -0.15) is 0 Å². The van der Waals surface area contributed by atoms with Crippen LogP contribution in [0.4, 0.5) is 0 Å². The average molecular weight is 248 g/mol. The van der Waals surface area contributed by atoms with Crippen LogP contribution in [0.1, 0.15) is 12.0 Å². The first-order valence-corrected chi connectivity index (χ1v) is 5.85. The molecule has 0 spiro atoms. The van der Waals surface area contributed by atoms with Crippen LogP contribution in [0.2, 0.25) is 0 Å². The van der Waals surface area contributed by atoms with Crippen molar-refractivity contribution in [3.8, 4) is 23.3 Å². The van der Waals surface area contributed by atoms with E-state index in [2.05, 4.69) is 11.8 Å².